The van der Waals surface area contributed by atoms with Gasteiger partial charge in [0.05, 0.1) is 5.75 Å². The summed E-state index contributed by atoms with van der Waals surface area (Å²) in [5.41, 5.74) is 4.10. The van der Waals surface area contributed by atoms with E-state index in [0.717, 1.165) is 37.5 Å². The van der Waals surface area contributed by atoms with Crippen molar-refractivity contribution in [2.45, 2.75) is 46.0 Å². The molecule has 0 atom stereocenters. The summed E-state index contributed by atoms with van der Waals surface area (Å²) in [6, 6.07) is 16.5. The molecular formula is C26H27IN4O2S. The fourth-order valence-corrected chi connectivity index (χ4v) is 5.72. The molecule has 0 bridgehead atoms. The summed E-state index contributed by atoms with van der Waals surface area (Å²) in [6.45, 7) is 9.13. The van der Waals surface area contributed by atoms with Gasteiger partial charge in [0, 0.05) is 15.8 Å². The molecule has 1 N–H and O–H groups in total. The highest BCUT2D eigenvalue weighted by atomic mass is 127. The first-order chi connectivity index (χ1) is 16.4. The van der Waals surface area contributed by atoms with E-state index < -0.39 is 0 Å². The Balaban J connectivity index is 1.41. The maximum Gasteiger partial charge on any atom is 0.234 e. The highest BCUT2D eigenvalue weighted by Gasteiger charge is 2.15. The molecule has 0 saturated heterocycles. The molecule has 1 aromatic heterocycles. The Morgan fingerprint density at radius 1 is 1.09 bits per heavy atom. The minimum atomic E-state index is -0.0624. The lowest BCUT2D eigenvalue weighted by Crippen LogP contribution is -2.16. The fraction of sp³-hybridized carbons (Fsp3) is 0.269. The van der Waals surface area contributed by atoms with E-state index in [0.29, 0.717) is 18.3 Å². The van der Waals surface area contributed by atoms with Crippen LogP contribution in [0.1, 0.15) is 29.4 Å². The molecule has 8 heteroatoms. The molecule has 1 heterocycles. The largest absolute Gasteiger partial charge is 0.485 e. The van der Waals surface area contributed by atoms with Gasteiger partial charge in [0.25, 0.3) is 0 Å². The van der Waals surface area contributed by atoms with Crippen molar-refractivity contribution < 1.29 is 9.53 Å². The number of amides is 1. The number of carbonyl (C=O) groups is 1. The fourth-order valence-electron chi connectivity index (χ4n) is 3.97. The van der Waals surface area contributed by atoms with Crippen molar-refractivity contribution in [1.29, 1.82) is 0 Å². The second-order valence-corrected chi connectivity index (χ2v) is 10.3. The normalized spacial score (nSPS) is 11.1. The molecule has 6 nitrogen and oxygen atoms in total. The Morgan fingerprint density at radius 3 is 2.56 bits per heavy atom. The standard InChI is InChI=1S/C26H27IN4O2S/c1-5-31-23(14-33-22-11-10-19-8-6-7-9-21(19)18(22)4)29-30-26(31)34-15-24(32)28-25-16(2)12-20(27)13-17(25)3/h6-13H,5,14-15H2,1-4H3,(H,28,32). The summed E-state index contributed by atoms with van der Waals surface area (Å²) in [4.78, 5) is 12.6. The number of nitrogens with zero attached hydrogens (tertiary/aromatic N) is 3. The van der Waals surface area contributed by atoms with Crippen molar-refractivity contribution >= 4 is 56.7 Å². The predicted molar refractivity (Wildman–Crippen MR) is 147 cm³/mol. The van der Waals surface area contributed by atoms with Crippen LogP contribution in [-0.2, 0) is 17.9 Å². The van der Waals surface area contributed by atoms with Crippen LogP contribution in [0.25, 0.3) is 10.8 Å². The van der Waals surface area contributed by atoms with Gasteiger partial charge in [-0.1, -0.05) is 42.1 Å². The van der Waals surface area contributed by atoms with Crippen molar-refractivity contribution in [3.8, 4) is 5.75 Å². The first kappa shape index (κ1) is 24.5. The van der Waals surface area contributed by atoms with Crippen LogP contribution in [0.15, 0.2) is 53.7 Å². The second-order valence-electron chi connectivity index (χ2n) is 8.09. The highest BCUT2D eigenvalue weighted by molar-refractivity contribution is 14.1. The summed E-state index contributed by atoms with van der Waals surface area (Å²) in [6.07, 6.45) is 0. The molecule has 1 amide bonds. The third-order valence-electron chi connectivity index (χ3n) is 5.71. The molecule has 0 aliphatic carbocycles. The van der Waals surface area contributed by atoms with Crippen molar-refractivity contribution in [3.05, 3.63) is 74.6 Å². The van der Waals surface area contributed by atoms with E-state index >= 15 is 0 Å². The summed E-state index contributed by atoms with van der Waals surface area (Å²) in [5.74, 6) is 1.77. The number of nitrogens with one attached hydrogen (secondary N) is 1. The Hall–Kier alpha value is -2.59. The Morgan fingerprint density at radius 2 is 1.82 bits per heavy atom. The number of ether oxygens (including phenoxy) is 1. The molecule has 4 aromatic rings. The predicted octanol–water partition coefficient (Wildman–Crippen LogP) is 6.29. The zero-order chi connectivity index (χ0) is 24.2. The zero-order valence-corrected chi connectivity index (χ0v) is 22.7. The summed E-state index contributed by atoms with van der Waals surface area (Å²) < 4.78 is 9.27. The first-order valence-corrected chi connectivity index (χ1v) is 13.2. The summed E-state index contributed by atoms with van der Waals surface area (Å²) >= 11 is 3.67. The third-order valence-corrected chi connectivity index (χ3v) is 7.30. The lowest BCUT2D eigenvalue weighted by Gasteiger charge is -2.13. The maximum atomic E-state index is 12.6. The van der Waals surface area contributed by atoms with E-state index in [1.807, 2.05) is 43.5 Å². The molecule has 0 unspecified atom stereocenters. The molecule has 0 fully saturated rings. The van der Waals surface area contributed by atoms with Crippen molar-refractivity contribution in [1.82, 2.24) is 14.8 Å². The number of hydrogen-bond acceptors (Lipinski definition) is 5. The number of carbonyl (C=O) groups excluding carboxylic acids is 1. The van der Waals surface area contributed by atoms with Crippen molar-refractivity contribution in [2.24, 2.45) is 0 Å². The van der Waals surface area contributed by atoms with Crippen LogP contribution in [0, 0.1) is 24.3 Å². The molecular weight excluding hydrogens is 559 g/mol. The first-order valence-electron chi connectivity index (χ1n) is 11.1. The second kappa shape index (κ2) is 10.8. The van der Waals surface area contributed by atoms with Crippen molar-refractivity contribution in [3.63, 3.8) is 0 Å². The molecule has 176 valence electrons. The smallest absolute Gasteiger partial charge is 0.234 e. The van der Waals surface area contributed by atoms with Crippen LogP contribution in [-0.4, -0.2) is 26.4 Å². The van der Waals surface area contributed by atoms with E-state index in [-0.39, 0.29) is 11.7 Å². The average Bonchev–Trinajstić information content (AvgIpc) is 3.21. The molecule has 0 radical (unpaired) electrons. The number of anilines is 1. The number of benzene rings is 3. The van der Waals surface area contributed by atoms with Gasteiger partial charge in [-0.05, 0) is 95.9 Å². The number of halogens is 1. The Labute approximate surface area is 217 Å². The zero-order valence-electron chi connectivity index (χ0n) is 19.7. The SMILES string of the molecule is CCn1c(COc2ccc3ccccc3c2C)nnc1SCC(=O)Nc1c(C)cc(I)cc1C. The molecule has 0 aliphatic heterocycles. The average molecular weight is 586 g/mol. The number of rotatable bonds is 8. The van der Waals surface area contributed by atoms with Crippen LogP contribution < -0.4 is 10.1 Å². The van der Waals surface area contributed by atoms with E-state index in [1.54, 1.807) is 0 Å². The molecule has 0 spiro atoms. The number of thioether (sulfide) groups is 1. The number of fused-ring (bicyclic) bond motifs is 1. The van der Waals surface area contributed by atoms with Gasteiger partial charge in [-0.2, -0.15) is 0 Å². The topological polar surface area (TPSA) is 69.0 Å². The molecule has 4 rings (SSSR count). The van der Waals surface area contributed by atoms with Gasteiger partial charge in [-0.25, -0.2) is 0 Å². The maximum absolute atomic E-state index is 12.6. The van der Waals surface area contributed by atoms with Gasteiger partial charge in [0.1, 0.15) is 12.4 Å². The number of aromatic nitrogens is 3. The molecule has 0 aliphatic rings. The summed E-state index contributed by atoms with van der Waals surface area (Å²) in [7, 11) is 0. The Bertz CT molecular complexity index is 1330. The van der Waals surface area contributed by atoms with Crippen LogP contribution in [0.5, 0.6) is 5.75 Å². The van der Waals surface area contributed by atoms with Gasteiger partial charge in [-0.15, -0.1) is 10.2 Å². The monoisotopic (exact) mass is 586 g/mol. The van der Waals surface area contributed by atoms with Crippen LogP contribution >= 0.6 is 34.4 Å². The van der Waals surface area contributed by atoms with Gasteiger partial charge in [0.15, 0.2) is 11.0 Å². The van der Waals surface area contributed by atoms with Gasteiger partial charge >= 0.3 is 0 Å². The minimum Gasteiger partial charge on any atom is -0.485 e. The van der Waals surface area contributed by atoms with Crippen molar-refractivity contribution in [2.75, 3.05) is 11.1 Å². The number of aryl methyl sites for hydroxylation is 3. The van der Waals surface area contributed by atoms with Gasteiger partial charge in [0.2, 0.25) is 5.91 Å². The van der Waals surface area contributed by atoms with Gasteiger partial charge in [-0.3, -0.25) is 4.79 Å². The molecule has 34 heavy (non-hydrogen) atoms. The van der Waals surface area contributed by atoms with E-state index in [4.69, 9.17) is 4.74 Å². The minimum absolute atomic E-state index is 0.0624. The van der Waals surface area contributed by atoms with E-state index in [9.17, 15) is 4.79 Å². The lowest BCUT2D eigenvalue weighted by atomic mass is 10.0. The Kier molecular flexibility index (Phi) is 7.77. The highest BCUT2D eigenvalue weighted by Crippen LogP contribution is 2.28. The molecule has 3 aromatic carbocycles. The van der Waals surface area contributed by atoms with Crippen LogP contribution in [0.4, 0.5) is 5.69 Å². The summed E-state index contributed by atoms with van der Waals surface area (Å²) in [5, 5.41) is 14.8. The van der Waals surface area contributed by atoms with Crippen LogP contribution in [0.3, 0.4) is 0 Å². The molecule has 0 saturated carbocycles. The third kappa shape index (κ3) is 5.38. The van der Waals surface area contributed by atoms with Crippen LogP contribution in [0.2, 0.25) is 0 Å². The quantitative estimate of drug-likeness (QED) is 0.194. The van der Waals surface area contributed by atoms with E-state index in [2.05, 4.69) is 75.4 Å². The lowest BCUT2D eigenvalue weighted by molar-refractivity contribution is -0.113. The van der Waals surface area contributed by atoms with E-state index in [1.165, 1.54) is 22.5 Å². The number of hydrogen-bond donors (Lipinski definition) is 1. The van der Waals surface area contributed by atoms with Gasteiger partial charge < -0.3 is 14.6 Å².